The van der Waals surface area contributed by atoms with Crippen LogP contribution in [0.2, 0.25) is 0 Å². The highest BCUT2D eigenvalue weighted by Crippen LogP contribution is 2.14. The van der Waals surface area contributed by atoms with E-state index in [1.54, 1.807) is 6.07 Å². The molecule has 1 aromatic carbocycles. The van der Waals surface area contributed by atoms with Crippen molar-refractivity contribution in [3.05, 3.63) is 29.8 Å². The molecule has 146 valence electrons. The largest absolute Gasteiger partial charge is 0.484 e. The molecule has 0 aliphatic carbocycles. The summed E-state index contributed by atoms with van der Waals surface area (Å²) in [6, 6.07) is 7.45. The van der Waals surface area contributed by atoms with Crippen molar-refractivity contribution in [2.45, 2.75) is 39.7 Å². The smallest absolute Gasteiger partial charge is 0.255 e. The zero-order valence-electron chi connectivity index (χ0n) is 15.8. The molecule has 1 unspecified atom stereocenters. The van der Waals surface area contributed by atoms with Gasteiger partial charge in [-0.15, -0.1) is 0 Å². The number of primary amides is 1. The van der Waals surface area contributed by atoms with E-state index in [0.29, 0.717) is 18.2 Å². The number of nitrogens with one attached hydrogen (secondary N) is 2. The molecule has 0 fully saturated rings. The molecule has 0 aliphatic rings. The summed E-state index contributed by atoms with van der Waals surface area (Å²) in [5, 5.41) is 15.8. The number of ether oxygens (including phenoxy) is 1. The summed E-state index contributed by atoms with van der Waals surface area (Å²) in [6.45, 7) is 6.28. The van der Waals surface area contributed by atoms with Crippen LogP contribution in [0.3, 0.4) is 0 Å². The predicted octanol–water partition coefficient (Wildman–Crippen LogP) is 1.40. The standard InChI is InChI=1S/C19H32N4O3/c1-3-6-15(9-10-24)12-22-19(21-4-2)23-13-16-7-5-8-17(11-16)26-14-18(20)25/h5,7-8,11,15,24H,3-4,6,9-10,12-14H2,1-2H3,(H2,20,25)(H2,21,22,23). The molecule has 7 heteroatoms. The van der Waals surface area contributed by atoms with Crippen LogP contribution in [0.4, 0.5) is 0 Å². The number of carbonyl (C=O) groups is 1. The van der Waals surface area contributed by atoms with Gasteiger partial charge in [-0.3, -0.25) is 4.79 Å². The number of nitrogens with two attached hydrogens (primary N) is 1. The van der Waals surface area contributed by atoms with Gasteiger partial charge in [0.05, 0.1) is 6.54 Å². The molecule has 0 saturated heterocycles. The maximum atomic E-state index is 10.8. The van der Waals surface area contributed by atoms with E-state index in [1.165, 1.54) is 0 Å². The Labute approximate surface area is 156 Å². The molecule has 0 aromatic heterocycles. The number of aliphatic hydroxyl groups excluding tert-OH is 1. The van der Waals surface area contributed by atoms with E-state index in [0.717, 1.165) is 43.9 Å². The lowest BCUT2D eigenvalue weighted by atomic mass is 10.0. The molecule has 1 atom stereocenters. The second kappa shape index (κ2) is 13.0. The van der Waals surface area contributed by atoms with E-state index >= 15 is 0 Å². The number of hydrogen-bond donors (Lipinski definition) is 4. The molecule has 0 aliphatic heterocycles. The van der Waals surface area contributed by atoms with Crippen molar-refractivity contribution in [3.63, 3.8) is 0 Å². The summed E-state index contributed by atoms with van der Waals surface area (Å²) < 4.78 is 5.32. The van der Waals surface area contributed by atoms with Crippen molar-refractivity contribution in [2.24, 2.45) is 16.6 Å². The summed E-state index contributed by atoms with van der Waals surface area (Å²) in [5.74, 6) is 1.27. The van der Waals surface area contributed by atoms with Gasteiger partial charge in [0.15, 0.2) is 12.6 Å². The first-order valence-corrected chi connectivity index (χ1v) is 9.22. The monoisotopic (exact) mass is 364 g/mol. The molecular formula is C19H32N4O3. The van der Waals surface area contributed by atoms with E-state index in [2.05, 4.69) is 22.5 Å². The van der Waals surface area contributed by atoms with Gasteiger partial charge in [0, 0.05) is 19.7 Å². The van der Waals surface area contributed by atoms with E-state index in [1.807, 2.05) is 25.1 Å². The molecule has 0 heterocycles. The number of rotatable bonds is 12. The van der Waals surface area contributed by atoms with E-state index in [-0.39, 0.29) is 13.2 Å². The summed E-state index contributed by atoms with van der Waals surface area (Å²) >= 11 is 0. The third-order valence-corrected chi connectivity index (χ3v) is 3.84. The van der Waals surface area contributed by atoms with Crippen LogP contribution in [0.1, 0.15) is 38.7 Å². The zero-order valence-corrected chi connectivity index (χ0v) is 15.8. The molecule has 0 saturated carbocycles. The lowest BCUT2D eigenvalue weighted by molar-refractivity contribution is -0.119. The molecule has 26 heavy (non-hydrogen) atoms. The number of carbonyl (C=O) groups excluding carboxylic acids is 1. The Morgan fingerprint density at radius 3 is 2.77 bits per heavy atom. The summed E-state index contributed by atoms with van der Waals surface area (Å²) in [4.78, 5) is 15.4. The maximum Gasteiger partial charge on any atom is 0.255 e. The van der Waals surface area contributed by atoms with Gasteiger partial charge < -0.3 is 26.2 Å². The summed E-state index contributed by atoms with van der Waals surface area (Å²) in [7, 11) is 0. The average Bonchev–Trinajstić information content (AvgIpc) is 2.63. The number of hydrogen-bond acceptors (Lipinski definition) is 4. The van der Waals surface area contributed by atoms with Crippen LogP contribution in [0.15, 0.2) is 29.3 Å². The topological polar surface area (TPSA) is 109 Å². The highest BCUT2D eigenvalue weighted by atomic mass is 16.5. The normalized spacial score (nSPS) is 12.5. The number of amides is 1. The minimum absolute atomic E-state index is 0.138. The maximum absolute atomic E-state index is 10.8. The van der Waals surface area contributed by atoms with Crippen molar-refractivity contribution in [1.29, 1.82) is 0 Å². The molecule has 0 radical (unpaired) electrons. The Hall–Kier alpha value is -2.28. The van der Waals surface area contributed by atoms with Gasteiger partial charge in [0.2, 0.25) is 0 Å². The van der Waals surface area contributed by atoms with Gasteiger partial charge in [-0.2, -0.15) is 0 Å². The minimum Gasteiger partial charge on any atom is -0.484 e. The first kappa shape index (κ1) is 21.8. The Morgan fingerprint density at radius 1 is 1.31 bits per heavy atom. The summed E-state index contributed by atoms with van der Waals surface area (Å²) in [5.41, 5.74) is 6.07. The number of aliphatic imine (C=N–C) groups is 1. The Morgan fingerprint density at radius 2 is 2.12 bits per heavy atom. The number of nitrogens with zero attached hydrogens (tertiary/aromatic N) is 1. The predicted molar refractivity (Wildman–Crippen MR) is 104 cm³/mol. The van der Waals surface area contributed by atoms with Gasteiger partial charge in [-0.25, -0.2) is 4.99 Å². The van der Waals surface area contributed by atoms with Gasteiger partial charge in [0.1, 0.15) is 5.75 Å². The number of aliphatic hydroxyl groups is 1. The van der Waals surface area contributed by atoms with Gasteiger partial charge in [0.25, 0.3) is 5.91 Å². The molecule has 1 aromatic rings. The van der Waals surface area contributed by atoms with Crippen LogP contribution < -0.4 is 21.1 Å². The minimum atomic E-state index is -0.503. The van der Waals surface area contributed by atoms with Crippen LogP contribution in [0.5, 0.6) is 5.75 Å². The second-order valence-corrected chi connectivity index (χ2v) is 6.15. The fourth-order valence-electron chi connectivity index (χ4n) is 2.58. The zero-order chi connectivity index (χ0) is 19.2. The average molecular weight is 364 g/mol. The Kier molecular flexibility index (Phi) is 10.9. The fraction of sp³-hybridized carbons (Fsp3) is 0.579. The van der Waals surface area contributed by atoms with Crippen molar-refractivity contribution in [2.75, 3.05) is 26.3 Å². The highest BCUT2D eigenvalue weighted by molar-refractivity contribution is 5.79. The third-order valence-electron chi connectivity index (χ3n) is 3.84. The lowest BCUT2D eigenvalue weighted by Crippen LogP contribution is -2.40. The first-order valence-electron chi connectivity index (χ1n) is 9.22. The Bertz CT molecular complexity index is 557. The quantitative estimate of drug-likeness (QED) is 0.331. The van der Waals surface area contributed by atoms with E-state index in [9.17, 15) is 9.90 Å². The molecule has 0 bridgehead atoms. The molecule has 1 rings (SSSR count). The van der Waals surface area contributed by atoms with Crippen LogP contribution >= 0.6 is 0 Å². The molecule has 5 N–H and O–H groups in total. The molecule has 0 spiro atoms. The van der Waals surface area contributed by atoms with Gasteiger partial charge >= 0.3 is 0 Å². The van der Waals surface area contributed by atoms with Gasteiger partial charge in [-0.1, -0.05) is 25.5 Å². The van der Waals surface area contributed by atoms with Crippen molar-refractivity contribution in [1.82, 2.24) is 10.6 Å². The van der Waals surface area contributed by atoms with E-state index < -0.39 is 5.91 Å². The van der Waals surface area contributed by atoms with Gasteiger partial charge in [-0.05, 0) is 43.4 Å². The third kappa shape index (κ3) is 9.27. The number of guanidine groups is 1. The summed E-state index contributed by atoms with van der Waals surface area (Å²) in [6.07, 6.45) is 2.96. The van der Waals surface area contributed by atoms with Crippen molar-refractivity contribution >= 4 is 11.9 Å². The SMILES string of the molecule is CCCC(CCO)CNC(=NCc1cccc(OCC(N)=O)c1)NCC. The van der Waals surface area contributed by atoms with E-state index in [4.69, 9.17) is 10.5 Å². The fourth-order valence-corrected chi connectivity index (χ4v) is 2.58. The molecule has 7 nitrogen and oxygen atoms in total. The van der Waals surface area contributed by atoms with Crippen LogP contribution in [-0.4, -0.2) is 43.3 Å². The van der Waals surface area contributed by atoms with Crippen LogP contribution in [0, 0.1) is 5.92 Å². The number of benzene rings is 1. The Balaban J connectivity index is 2.64. The van der Waals surface area contributed by atoms with Crippen molar-refractivity contribution in [3.8, 4) is 5.75 Å². The second-order valence-electron chi connectivity index (χ2n) is 6.15. The molecule has 1 amide bonds. The van der Waals surface area contributed by atoms with Crippen LogP contribution in [-0.2, 0) is 11.3 Å². The first-order chi connectivity index (χ1) is 12.6. The highest BCUT2D eigenvalue weighted by Gasteiger charge is 2.08. The van der Waals surface area contributed by atoms with Crippen molar-refractivity contribution < 1.29 is 14.6 Å². The molecular weight excluding hydrogens is 332 g/mol. The van der Waals surface area contributed by atoms with Crippen LogP contribution in [0.25, 0.3) is 0 Å². The lowest BCUT2D eigenvalue weighted by Gasteiger charge is -2.18.